The van der Waals surface area contributed by atoms with E-state index in [-0.39, 0.29) is 0 Å². The van der Waals surface area contributed by atoms with E-state index in [0.29, 0.717) is 6.04 Å². The number of hydrogen-bond donors (Lipinski definition) is 1. The minimum atomic E-state index is 0.557. The molecule has 59 valence electrons. The Balaban J connectivity index is 2.11. The zero-order valence-electron chi connectivity index (χ0n) is 6.80. The van der Waals surface area contributed by atoms with Crippen LogP contribution in [-0.4, -0.2) is 24.2 Å². The fourth-order valence-corrected chi connectivity index (χ4v) is 0.934. The van der Waals surface area contributed by atoms with Crippen LogP contribution in [0, 0.1) is 0 Å². The van der Waals surface area contributed by atoms with Crippen molar-refractivity contribution in [1.29, 1.82) is 0 Å². The highest BCUT2D eigenvalue weighted by atomic mass is 15.7. The standard InChI is InChI=1S/C7H16N3/c1-3-7(2)9-10-6-4-5-8-10/h7,9H,3-6H2,1-2H3. The molecule has 10 heavy (non-hydrogen) atoms. The lowest BCUT2D eigenvalue weighted by Gasteiger charge is -2.19. The Morgan fingerprint density at radius 2 is 2.50 bits per heavy atom. The van der Waals surface area contributed by atoms with Gasteiger partial charge in [-0.1, -0.05) is 6.92 Å². The van der Waals surface area contributed by atoms with Crippen molar-refractivity contribution < 1.29 is 0 Å². The highest BCUT2D eigenvalue weighted by Gasteiger charge is 2.12. The number of nitrogens with one attached hydrogen (secondary N) is 1. The molecule has 1 radical (unpaired) electrons. The van der Waals surface area contributed by atoms with Crippen LogP contribution >= 0.6 is 0 Å². The molecule has 1 N–H and O–H groups in total. The Kier molecular flexibility index (Phi) is 3.12. The van der Waals surface area contributed by atoms with Crippen LogP contribution in [0.2, 0.25) is 0 Å². The summed E-state index contributed by atoms with van der Waals surface area (Å²) in [4.78, 5) is 0. The summed E-state index contributed by atoms with van der Waals surface area (Å²) in [6.07, 6.45) is 2.36. The van der Waals surface area contributed by atoms with Gasteiger partial charge in [0.05, 0.1) is 0 Å². The van der Waals surface area contributed by atoms with Gasteiger partial charge in [0.1, 0.15) is 0 Å². The molecule has 1 rings (SSSR count). The summed E-state index contributed by atoms with van der Waals surface area (Å²) in [7, 11) is 0. The maximum absolute atomic E-state index is 4.25. The summed E-state index contributed by atoms with van der Waals surface area (Å²) in [5.74, 6) is 0. The van der Waals surface area contributed by atoms with Crippen molar-refractivity contribution in [3.8, 4) is 0 Å². The van der Waals surface area contributed by atoms with E-state index in [1.165, 1.54) is 6.42 Å². The zero-order valence-corrected chi connectivity index (χ0v) is 6.80. The molecule has 0 bridgehead atoms. The highest BCUT2D eigenvalue weighted by molar-refractivity contribution is 4.60. The Labute approximate surface area is 62.7 Å². The number of hydrogen-bond acceptors (Lipinski definition) is 2. The summed E-state index contributed by atoms with van der Waals surface area (Å²) in [5, 5.41) is 1.97. The van der Waals surface area contributed by atoms with E-state index in [4.69, 9.17) is 0 Å². The maximum Gasteiger partial charge on any atom is 0.0334 e. The van der Waals surface area contributed by atoms with Gasteiger partial charge in [0.25, 0.3) is 0 Å². The zero-order chi connectivity index (χ0) is 7.40. The van der Waals surface area contributed by atoms with Crippen LogP contribution in [-0.2, 0) is 0 Å². The minimum absolute atomic E-state index is 0.557. The number of hydrazine groups is 1. The van der Waals surface area contributed by atoms with Gasteiger partial charge in [0.2, 0.25) is 0 Å². The van der Waals surface area contributed by atoms with E-state index in [1.807, 2.05) is 5.12 Å². The van der Waals surface area contributed by atoms with E-state index < -0.39 is 0 Å². The number of rotatable bonds is 3. The van der Waals surface area contributed by atoms with E-state index in [9.17, 15) is 0 Å². The second-order valence-electron chi connectivity index (χ2n) is 2.78. The van der Waals surface area contributed by atoms with Crippen LogP contribution in [0.4, 0.5) is 0 Å². The van der Waals surface area contributed by atoms with E-state index in [0.717, 1.165) is 19.5 Å². The highest BCUT2D eigenvalue weighted by Crippen LogP contribution is 1.97. The topological polar surface area (TPSA) is 29.4 Å². The van der Waals surface area contributed by atoms with E-state index >= 15 is 0 Å². The molecule has 0 aromatic rings. The summed E-state index contributed by atoms with van der Waals surface area (Å²) in [6.45, 7) is 6.41. The lowest BCUT2D eigenvalue weighted by atomic mass is 10.3. The molecule has 0 amide bonds. The third kappa shape index (κ3) is 2.25. The van der Waals surface area contributed by atoms with Gasteiger partial charge in [-0.05, 0) is 19.8 Å². The van der Waals surface area contributed by atoms with E-state index in [1.54, 1.807) is 0 Å². The van der Waals surface area contributed by atoms with Crippen molar-refractivity contribution >= 4 is 0 Å². The Hall–Kier alpha value is -0.120. The predicted octanol–water partition coefficient (Wildman–Crippen LogP) is 0.515. The van der Waals surface area contributed by atoms with Crippen molar-refractivity contribution in [3.05, 3.63) is 0 Å². The molecule has 0 aromatic heterocycles. The van der Waals surface area contributed by atoms with Crippen LogP contribution in [0.1, 0.15) is 26.7 Å². The third-order valence-corrected chi connectivity index (χ3v) is 1.78. The SMILES string of the molecule is CCC(C)NN1CCC[N]1. The molecule has 0 saturated carbocycles. The summed E-state index contributed by atoms with van der Waals surface area (Å²) < 4.78 is 0. The van der Waals surface area contributed by atoms with Crippen molar-refractivity contribution in [2.75, 3.05) is 13.1 Å². The average Bonchev–Trinajstić information content (AvgIpc) is 2.40. The first-order valence-electron chi connectivity index (χ1n) is 4.04. The summed E-state index contributed by atoms with van der Waals surface area (Å²) >= 11 is 0. The van der Waals surface area contributed by atoms with Gasteiger partial charge in [-0.3, -0.25) is 0 Å². The van der Waals surface area contributed by atoms with Gasteiger partial charge in [-0.25, -0.2) is 5.43 Å². The first-order valence-corrected chi connectivity index (χ1v) is 4.04. The molecule has 3 nitrogen and oxygen atoms in total. The molecule has 3 heteroatoms. The van der Waals surface area contributed by atoms with Crippen LogP contribution in [0.25, 0.3) is 0 Å². The molecule has 1 atom stereocenters. The van der Waals surface area contributed by atoms with Gasteiger partial charge < -0.3 is 0 Å². The molecule has 1 aliphatic rings. The molecule has 0 spiro atoms. The van der Waals surface area contributed by atoms with Crippen LogP contribution in [0.15, 0.2) is 0 Å². The van der Waals surface area contributed by atoms with Crippen molar-refractivity contribution in [2.45, 2.75) is 32.7 Å². The van der Waals surface area contributed by atoms with Gasteiger partial charge in [-0.15, -0.1) is 5.43 Å². The fourth-order valence-electron chi connectivity index (χ4n) is 0.934. The lowest BCUT2D eigenvalue weighted by Crippen LogP contribution is -2.44. The fraction of sp³-hybridized carbons (Fsp3) is 1.00. The lowest BCUT2D eigenvalue weighted by molar-refractivity contribution is 0.133. The Bertz CT molecular complexity index is 88.9. The Morgan fingerprint density at radius 3 is 3.00 bits per heavy atom. The monoisotopic (exact) mass is 142 g/mol. The van der Waals surface area contributed by atoms with Crippen molar-refractivity contribution in [1.82, 2.24) is 16.0 Å². The molecule has 1 aliphatic heterocycles. The van der Waals surface area contributed by atoms with Crippen LogP contribution in [0.3, 0.4) is 0 Å². The normalized spacial score (nSPS) is 23.4. The maximum atomic E-state index is 4.25. The largest absolute Gasteiger partial charge is 0.237 e. The molecule has 1 fully saturated rings. The van der Waals surface area contributed by atoms with Crippen LogP contribution < -0.4 is 10.9 Å². The molecular weight excluding hydrogens is 126 g/mol. The van der Waals surface area contributed by atoms with Gasteiger partial charge >= 0.3 is 0 Å². The molecule has 1 unspecified atom stereocenters. The first kappa shape index (κ1) is 7.98. The molecule has 0 aromatic carbocycles. The molecule has 0 aliphatic carbocycles. The minimum Gasteiger partial charge on any atom is -0.237 e. The molecule has 1 heterocycles. The third-order valence-electron chi connectivity index (χ3n) is 1.78. The van der Waals surface area contributed by atoms with Gasteiger partial charge in [-0.2, -0.15) is 5.12 Å². The average molecular weight is 142 g/mol. The van der Waals surface area contributed by atoms with E-state index in [2.05, 4.69) is 24.7 Å². The predicted molar refractivity (Wildman–Crippen MR) is 41.2 cm³/mol. The molecule has 1 saturated heterocycles. The quantitative estimate of drug-likeness (QED) is 0.622. The first-order chi connectivity index (χ1) is 4.83. The Morgan fingerprint density at radius 1 is 1.70 bits per heavy atom. The van der Waals surface area contributed by atoms with Gasteiger partial charge in [0.15, 0.2) is 0 Å². The second kappa shape index (κ2) is 3.91. The number of nitrogens with zero attached hydrogens (tertiary/aromatic N) is 2. The van der Waals surface area contributed by atoms with Crippen molar-refractivity contribution in [2.24, 2.45) is 0 Å². The summed E-state index contributed by atoms with van der Waals surface area (Å²) in [5.41, 5.74) is 7.54. The van der Waals surface area contributed by atoms with Crippen LogP contribution in [0.5, 0.6) is 0 Å². The smallest absolute Gasteiger partial charge is 0.0334 e. The molecular formula is C7H16N3. The van der Waals surface area contributed by atoms with Gasteiger partial charge in [0, 0.05) is 19.1 Å². The summed E-state index contributed by atoms with van der Waals surface area (Å²) in [6, 6.07) is 0.557. The van der Waals surface area contributed by atoms with Crippen molar-refractivity contribution in [3.63, 3.8) is 0 Å². The second-order valence-corrected chi connectivity index (χ2v) is 2.78.